The molecular weight excluding hydrogens is 757 g/mol. The van der Waals surface area contributed by atoms with Gasteiger partial charge in [0.05, 0.1) is 6.61 Å². The number of aliphatic hydroxyl groups is 2. The summed E-state index contributed by atoms with van der Waals surface area (Å²) < 4.78 is 5.82. The maximum Gasteiger partial charge on any atom is 0.307 e. The van der Waals surface area contributed by atoms with E-state index in [1.807, 2.05) is 0 Å². The highest BCUT2D eigenvalue weighted by Crippen LogP contribution is 2.28. The lowest BCUT2D eigenvalue weighted by Gasteiger charge is -2.34. The lowest BCUT2D eigenvalue weighted by molar-refractivity contribution is -0.188. The van der Waals surface area contributed by atoms with Gasteiger partial charge in [-0.2, -0.15) is 0 Å². The van der Waals surface area contributed by atoms with Crippen LogP contribution in [-0.4, -0.2) is 46.1 Å². The molecule has 2 atom stereocenters. The maximum absolute atomic E-state index is 14.0. The molecule has 0 aromatic heterocycles. The third-order valence-electron chi connectivity index (χ3n) is 12.9. The van der Waals surface area contributed by atoms with Gasteiger partial charge in [0.25, 0.3) is 5.60 Å². The van der Waals surface area contributed by atoms with Crippen LogP contribution >= 0.6 is 0 Å². The van der Waals surface area contributed by atoms with Crippen molar-refractivity contribution in [1.82, 2.24) is 0 Å². The molecule has 0 heterocycles. The number of carbonyl (C=O) groups excluding carboxylic acids is 3. The van der Waals surface area contributed by atoms with E-state index in [2.05, 4.69) is 32.9 Å². The number of rotatable bonds is 50. The van der Waals surface area contributed by atoms with Crippen LogP contribution in [0.25, 0.3) is 0 Å². The molecule has 61 heavy (non-hydrogen) atoms. The van der Waals surface area contributed by atoms with Gasteiger partial charge < -0.3 is 14.9 Å². The van der Waals surface area contributed by atoms with Crippen molar-refractivity contribution in [1.29, 1.82) is 0 Å². The minimum Gasteiger partial charge on any atom is -0.440 e. The average molecular weight is 861 g/mol. The summed E-state index contributed by atoms with van der Waals surface area (Å²) in [5.74, 6) is -1.74. The summed E-state index contributed by atoms with van der Waals surface area (Å²) in [6.07, 6.45) is 51.4. The molecule has 0 saturated carbocycles. The Morgan fingerprint density at radius 1 is 0.393 bits per heavy atom. The van der Waals surface area contributed by atoms with Crippen LogP contribution in [0.2, 0.25) is 0 Å². The molecule has 2 N–H and O–H groups in total. The number of unbranched alkanes of at least 4 members (excludes halogenated alkanes) is 37. The molecule has 0 aliphatic rings. The number of ketones is 2. The predicted octanol–water partition coefficient (Wildman–Crippen LogP) is 16.5. The number of Topliss-reactive ketones (excluding diaryl/α,β-unsaturated/α-hetero) is 2. The number of esters is 1. The summed E-state index contributed by atoms with van der Waals surface area (Å²) in [7, 11) is 0. The van der Waals surface area contributed by atoms with Gasteiger partial charge in [0, 0.05) is 19.3 Å². The monoisotopic (exact) mass is 861 g/mol. The average Bonchev–Trinajstić information content (AvgIpc) is 3.26. The van der Waals surface area contributed by atoms with Crippen LogP contribution in [0, 0.1) is 0 Å². The molecule has 0 aliphatic carbocycles. The summed E-state index contributed by atoms with van der Waals surface area (Å²) >= 11 is 0. The lowest BCUT2D eigenvalue weighted by Crippen LogP contribution is -2.60. The Morgan fingerprint density at radius 2 is 0.639 bits per heavy atom. The van der Waals surface area contributed by atoms with E-state index in [1.54, 1.807) is 0 Å². The Kier molecular flexibility index (Phi) is 45.3. The van der Waals surface area contributed by atoms with Crippen molar-refractivity contribution in [2.24, 2.45) is 0 Å². The Bertz CT molecular complexity index is 993. The third-order valence-corrected chi connectivity index (χ3v) is 12.9. The molecule has 0 aromatic carbocycles. The SMILES string of the molecule is CCCCCCCCC=CCCCCCCCC(=O)C(OC(=O)CCCCCCCCCCCCCCC)(C(=O)CCCCCCCCCCCCCCCCC)C(O)CO. The number of allylic oxidation sites excluding steroid dienone is 2. The van der Waals surface area contributed by atoms with Gasteiger partial charge >= 0.3 is 5.97 Å². The van der Waals surface area contributed by atoms with Crippen LogP contribution in [0.5, 0.6) is 0 Å². The second kappa shape index (κ2) is 46.5. The van der Waals surface area contributed by atoms with E-state index in [9.17, 15) is 24.6 Å². The molecule has 0 amide bonds. The van der Waals surface area contributed by atoms with Gasteiger partial charge in [0.1, 0.15) is 6.10 Å². The Hall–Kier alpha value is -1.53. The molecule has 0 bridgehead atoms. The summed E-state index contributed by atoms with van der Waals surface area (Å²) in [6, 6.07) is 0. The molecule has 360 valence electrons. The smallest absolute Gasteiger partial charge is 0.307 e. The third kappa shape index (κ3) is 35.5. The zero-order chi connectivity index (χ0) is 44.8. The second-order valence-corrected chi connectivity index (χ2v) is 18.8. The highest BCUT2D eigenvalue weighted by atomic mass is 16.6. The first kappa shape index (κ1) is 59.5. The zero-order valence-electron chi connectivity index (χ0n) is 41.1. The Labute approximate surface area is 379 Å². The van der Waals surface area contributed by atoms with Crippen molar-refractivity contribution in [3.8, 4) is 0 Å². The number of aliphatic hydroxyl groups excluding tert-OH is 2. The van der Waals surface area contributed by atoms with E-state index < -0.39 is 35.8 Å². The van der Waals surface area contributed by atoms with Gasteiger partial charge in [-0.05, 0) is 44.9 Å². The van der Waals surface area contributed by atoms with Gasteiger partial charge in [-0.15, -0.1) is 0 Å². The first-order chi connectivity index (χ1) is 29.9. The van der Waals surface area contributed by atoms with Crippen LogP contribution in [-0.2, 0) is 19.1 Å². The number of hydrogen-bond donors (Lipinski definition) is 2. The summed E-state index contributed by atoms with van der Waals surface area (Å²) in [4.78, 5) is 41.2. The van der Waals surface area contributed by atoms with Gasteiger partial charge in [0.15, 0.2) is 11.6 Å². The number of carbonyl (C=O) groups is 3. The molecule has 0 aliphatic heterocycles. The van der Waals surface area contributed by atoms with E-state index in [-0.39, 0.29) is 19.3 Å². The second-order valence-electron chi connectivity index (χ2n) is 18.8. The van der Waals surface area contributed by atoms with Crippen molar-refractivity contribution in [2.75, 3.05) is 6.61 Å². The highest BCUT2D eigenvalue weighted by molar-refractivity contribution is 6.12. The topological polar surface area (TPSA) is 101 Å². The van der Waals surface area contributed by atoms with Gasteiger partial charge in [-0.3, -0.25) is 14.4 Å². The molecule has 0 radical (unpaired) electrons. The van der Waals surface area contributed by atoms with E-state index >= 15 is 0 Å². The maximum atomic E-state index is 14.0. The highest BCUT2D eigenvalue weighted by Gasteiger charge is 2.53. The molecule has 0 spiro atoms. The standard InChI is InChI=1S/C55H104O6/c1-4-7-10-13-16-19-22-25-27-30-32-35-38-41-44-47-51(57)55(53(59)50-56,61-54(60)49-46-43-40-37-34-29-24-21-18-15-12-9-6-3)52(58)48-45-42-39-36-33-31-28-26-23-20-17-14-11-8-5-2/h25,27,53,56,59H,4-24,26,28-50H2,1-3H3. The Balaban J connectivity index is 4.89. The summed E-state index contributed by atoms with van der Waals surface area (Å²) in [6.45, 7) is 5.96. The van der Waals surface area contributed by atoms with Crippen molar-refractivity contribution in [2.45, 2.75) is 315 Å². The molecular formula is C55H104O6. The molecule has 0 aromatic rings. The zero-order valence-corrected chi connectivity index (χ0v) is 41.1. The fourth-order valence-electron chi connectivity index (χ4n) is 8.74. The molecule has 6 heteroatoms. The van der Waals surface area contributed by atoms with Gasteiger partial charge in [-0.25, -0.2) is 0 Å². The van der Waals surface area contributed by atoms with Crippen molar-refractivity contribution in [3.63, 3.8) is 0 Å². The fourth-order valence-corrected chi connectivity index (χ4v) is 8.74. The Morgan fingerprint density at radius 3 is 0.918 bits per heavy atom. The fraction of sp³-hybridized carbons (Fsp3) is 0.909. The number of ether oxygens (including phenoxy) is 1. The lowest BCUT2D eigenvalue weighted by atomic mass is 9.82. The first-order valence-corrected chi connectivity index (χ1v) is 27.1. The molecule has 2 unspecified atom stereocenters. The van der Waals surface area contributed by atoms with E-state index in [0.717, 1.165) is 77.0 Å². The van der Waals surface area contributed by atoms with Crippen LogP contribution in [0.3, 0.4) is 0 Å². The van der Waals surface area contributed by atoms with Crippen molar-refractivity contribution >= 4 is 17.5 Å². The predicted molar refractivity (Wildman–Crippen MR) is 261 cm³/mol. The molecule has 6 nitrogen and oxygen atoms in total. The quantitative estimate of drug-likeness (QED) is 0.0273. The summed E-state index contributed by atoms with van der Waals surface area (Å²) in [5.41, 5.74) is -2.32. The van der Waals surface area contributed by atoms with Crippen LogP contribution in [0.1, 0.15) is 303 Å². The van der Waals surface area contributed by atoms with E-state index in [0.29, 0.717) is 19.3 Å². The van der Waals surface area contributed by atoms with Crippen LogP contribution < -0.4 is 0 Å². The molecule has 0 rings (SSSR count). The van der Waals surface area contributed by atoms with Crippen LogP contribution in [0.4, 0.5) is 0 Å². The minimum atomic E-state index is -2.32. The summed E-state index contributed by atoms with van der Waals surface area (Å²) in [5, 5.41) is 21.3. The van der Waals surface area contributed by atoms with Crippen LogP contribution in [0.15, 0.2) is 12.2 Å². The first-order valence-electron chi connectivity index (χ1n) is 27.1. The van der Waals surface area contributed by atoms with E-state index in [1.165, 1.54) is 167 Å². The molecule has 0 saturated heterocycles. The minimum absolute atomic E-state index is 0.0475. The largest absolute Gasteiger partial charge is 0.440 e. The molecule has 0 fully saturated rings. The van der Waals surface area contributed by atoms with E-state index in [4.69, 9.17) is 4.74 Å². The number of hydrogen-bond acceptors (Lipinski definition) is 6. The van der Waals surface area contributed by atoms with Crippen molar-refractivity contribution in [3.05, 3.63) is 12.2 Å². The van der Waals surface area contributed by atoms with Gasteiger partial charge in [-0.1, -0.05) is 251 Å². The normalized spacial score (nSPS) is 13.2. The van der Waals surface area contributed by atoms with Gasteiger partial charge in [0.2, 0.25) is 0 Å². The van der Waals surface area contributed by atoms with Crippen molar-refractivity contribution < 1.29 is 29.3 Å².